The van der Waals surface area contributed by atoms with Gasteiger partial charge in [0.15, 0.2) is 0 Å². The van der Waals surface area contributed by atoms with Gasteiger partial charge < -0.3 is 24.6 Å². The first-order valence-corrected chi connectivity index (χ1v) is 10.5. The van der Waals surface area contributed by atoms with Gasteiger partial charge in [-0.05, 0) is 25.0 Å². The van der Waals surface area contributed by atoms with E-state index in [4.69, 9.17) is 9.47 Å². The Balaban J connectivity index is 1.37. The highest BCUT2D eigenvalue weighted by Crippen LogP contribution is 2.29. The summed E-state index contributed by atoms with van der Waals surface area (Å²) in [5.74, 6) is -0.0579. The van der Waals surface area contributed by atoms with E-state index in [1.54, 1.807) is 7.05 Å². The lowest BCUT2D eigenvalue weighted by Crippen LogP contribution is -2.44. The molecule has 2 aromatic rings. The maximum Gasteiger partial charge on any atom is 0.251 e. The number of piperidine rings is 1. The molecule has 8 nitrogen and oxygen atoms in total. The first-order chi connectivity index (χ1) is 14.7. The van der Waals surface area contributed by atoms with Crippen LogP contribution in [0, 0.1) is 0 Å². The highest BCUT2D eigenvalue weighted by molar-refractivity contribution is 6.01. The second-order valence-electron chi connectivity index (χ2n) is 7.66. The Morgan fingerprint density at radius 3 is 2.67 bits per heavy atom. The van der Waals surface area contributed by atoms with Crippen LogP contribution in [0.3, 0.4) is 0 Å². The number of aromatic nitrogens is 1. The van der Waals surface area contributed by atoms with Gasteiger partial charge in [-0.1, -0.05) is 6.07 Å². The summed E-state index contributed by atoms with van der Waals surface area (Å²) in [5, 5.41) is 4.71. The number of rotatable bonds is 5. The maximum absolute atomic E-state index is 12.3. The van der Waals surface area contributed by atoms with Crippen molar-refractivity contribution < 1.29 is 19.1 Å². The van der Waals surface area contributed by atoms with E-state index in [0.717, 1.165) is 42.4 Å². The highest BCUT2D eigenvalue weighted by Gasteiger charge is 2.24. The van der Waals surface area contributed by atoms with E-state index in [1.165, 1.54) is 0 Å². The molecule has 160 valence electrons. The van der Waals surface area contributed by atoms with Gasteiger partial charge in [-0.25, -0.2) is 0 Å². The molecule has 0 radical (unpaired) electrons. The molecule has 0 atom stereocenters. The van der Waals surface area contributed by atoms with Crippen LogP contribution in [-0.4, -0.2) is 80.8 Å². The van der Waals surface area contributed by atoms with Crippen molar-refractivity contribution in [2.24, 2.45) is 0 Å². The molecular weight excluding hydrogens is 384 g/mol. The molecule has 2 fully saturated rings. The summed E-state index contributed by atoms with van der Waals surface area (Å²) < 4.78 is 11.2. The number of nitrogens with one attached hydrogen (secondary N) is 1. The minimum absolute atomic E-state index is 0.0423. The number of nitrogens with zero attached hydrogens (tertiary/aromatic N) is 3. The van der Waals surface area contributed by atoms with Crippen LogP contribution in [0.15, 0.2) is 30.6 Å². The summed E-state index contributed by atoms with van der Waals surface area (Å²) in [6, 6.07) is 5.68. The Bertz CT molecular complexity index is 905. The van der Waals surface area contributed by atoms with Crippen molar-refractivity contribution in [3.63, 3.8) is 0 Å². The zero-order valence-corrected chi connectivity index (χ0v) is 17.3. The molecular formula is C22H28N4O4. The van der Waals surface area contributed by atoms with E-state index >= 15 is 0 Å². The van der Waals surface area contributed by atoms with E-state index in [-0.39, 0.29) is 24.5 Å². The number of amides is 2. The van der Waals surface area contributed by atoms with Gasteiger partial charge in [0, 0.05) is 55.8 Å². The molecule has 0 bridgehead atoms. The number of carbonyl (C=O) groups is 2. The third-order valence-electron chi connectivity index (χ3n) is 5.82. The number of hydrogen-bond donors (Lipinski definition) is 1. The number of fused-ring (bicyclic) bond motifs is 1. The van der Waals surface area contributed by atoms with E-state index in [0.29, 0.717) is 31.9 Å². The fraction of sp³-hybridized carbons (Fsp3) is 0.500. The summed E-state index contributed by atoms with van der Waals surface area (Å²) in [7, 11) is 1.63. The fourth-order valence-corrected chi connectivity index (χ4v) is 4.04. The molecule has 8 heteroatoms. The summed E-state index contributed by atoms with van der Waals surface area (Å²) in [6.07, 6.45) is 5.46. The largest absolute Gasteiger partial charge is 0.378 e. The molecule has 2 aliphatic rings. The number of pyridine rings is 1. The third kappa shape index (κ3) is 4.55. The average molecular weight is 412 g/mol. The second-order valence-corrected chi connectivity index (χ2v) is 7.66. The van der Waals surface area contributed by atoms with E-state index < -0.39 is 0 Å². The molecule has 0 unspecified atom stereocenters. The topological polar surface area (TPSA) is 84.0 Å². The Morgan fingerprint density at radius 1 is 1.17 bits per heavy atom. The first-order valence-electron chi connectivity index (χ1n) is 10.5. The zero-order chi connectivity index (χ0) is 20.9. The summed E-state index contributed by atoms with van der Waals surface area (Å²) in [4.78, 5) is 32.8. The monoisotopic (exact) mass is 412 g/mol. The van der Waals surface area contributed by atoms with Crippen molar-refractivity contribution in [3.8, 4) is 0 Å². The number of carbonyl (C=O) groups excluding carboxylic acids is 2. The minimum atomic E-state index is -0.100. The first kappa shape index (κ1) is 20.6. The fourth-order valence-electron chi connectivity index (χ4n) is 4.04. The Hall–Kier alpha value is -2.71. The van der Waals surface area contributed by atoms with E-state index in [1.807, 2.05) is 35.5 Å². The Morgan fingerprint density at radius 2 is 1.93 bits per heavy atom. The number of morpholine rings is 1. The molecule has 3 heterocycles. The number of ether oxygens (including phenoxy) is 2. The minimum Gasteiger partial charge on any atom is -0.378 e. The number of benzene rings is 1. The Kier molecular flexibility index (Phi) is 6.44. The molecule has 2 saturated heterocycles. The molecule has 4 rings (SSSR count). The quantitative estimate of drug-likeness (QED) is 0.800. The molecule has 2 amide bonds. The van der Waals surface area contributed by atoms with Crippen LogP contribution in [0.4, 0.5) is 5.69 Å². The molecule has 30 heavy (non-hydrogen) atoms. The summed E-state index contributed by atoms with van der Waals surface area (Å²) in [6.45, 7) is 4.27. The normalized spacial score (nSPS) is 17.9. The predicted molar refractivity (Wildman–Crippen MR) is 114 cm³/mol. The molecule has 1 aromatic carbocycles. The Labute approximate surface area is 176 Å². The van der Waals surface area contributed by atoms with Gasteiger partial charge in [0.1, 0.15) is 6.61 Å². The zero-order valence-electron chi connectivity index (χ0n) is 17.3. The van der Waals surface area contributed by atoms with Gasteiger partial charge in [-0.2, -0.15) is 0 Å². The van der Waals surface area contributed by atoms with Gasteiger partial charge in [0.05, 0.1) is 31.2 Å². The molecule has 1 N–H and O–H groups in total. The second kappa shape index (κ2) is 9.40. The van der Waals surface area contributed by atoms with Gasteiger partial charge in [0.2, 0.25) is 5.91 Å². The lowest BCUT2D eigenvalue weighted by atomic mass is 10.0. The number of anilines is 1. The van der Waals surface area contributed by atoms with Crippen molar-refractivity contribution in [3.05, 3.63) is 36.2 Å². The van der Waals surface area contributed by atoms with Gasteiger partial charge in [-0.3, -0.25) is 14.6 Å². The third-order valence-corrected chi connectivity index (χ3v) is 5.82. The summed E-state index contributed by atoms with van der Waals surface area (Å²) >= 11 is 0. The molecule has 2 aliphatic heterocycles. The van der Waals surface area contributed by atoms with Crippen molar-refractivity contribution in [2.75, 3.05) is 57.9 Å². The average Bonchev–Trinajstić information content (AvgIpc) is 2.82. The van der Waals surface area contributed by atoms with Crippen LogP contribution in [0.1, 0.15) is 23.2 Å². The van der Waals surface area contributed by atoms with Crippen LogP contribution in [0.5, 0.6) is 0 Å². The van der Waals surface area contributed by atoms with Crippen molar-refractivity contribution >= 4 is 28.3 Å². The van der Waals surface area contributed by atoms with Crippen molar-refractivity contribution in [2.45, 2.75) is 18.9 Å². The van der Waals surface area contributed by atoms with Crippen molar-refractivity contribution in [1.82, 2.24) is 15.2 Å². The molecule has 0 spiro atoms. The van der Waals surface area contributed by atoms with Gasteiger partial charge >= 0.3 is 0 Å². The maximum atomic E-state index is 12.3. The van der Waals surface area contributed by atoms with Crippen LogP contribution in [-0.2, 0) is 14.3 Å². The van der Waals surface area contributed by atoms with Crippen LogP contribution >= 0.6 is 0 Å². The van der Waals surface area contributed by atoms with Crippen LogP contribution < -0.4 is 10.2 Å². The lowest BCUT2D eigenvalue weighted by molar-refractivity contribution is -0.142. The van der Waals surface area contributed by atoms with E-state index in [9.17, 15) is 9.59 Å². The van der Waals surface area contributed by atoms with Gasteiger partial charge in [-0.15, -0.1) is 0 Å². The molecule has 1 aromatic heterocycles. The summed E-state index contributed by atoms with van der Waals surface area (Å²) in [5.41, 5.74) is 1.67. The van der Waals surface area contributed by atoms with Crippen LogP contribution in [0.2, 0.25) is 0 Å². The molecule has 0 saturated carbocycles. The molecule has 0 aliphatic carbocycles. The smallest absolute Gasteiger partial charge is 0.251 e. The SMILES string of the molecule is CNC(=O)c1ccc2cncc(N3CCC(OCC(=O)N4CCOCC4)CC3)c2c1. The van der Waals surface area contributed by atoms with Gasteiger partial charge in [0.25, 0.3) is 5.91 Å². The van der Waals surface area contributed by atoms with Crippen LogP contribution in [0.25, 0.3) is 10.8 Å². The predicted octanol–water partition coefficient (Wildman–Crippen LogP) is 1.44. The van der Waals surface area contributed by atoms with Crippen molar-refractivity contribution in [1.29, 1.82) is 0 Å². The number of hydrogen-bond acceptors (Lipinski definition) is 6. The standard InChI is InChI=1S/C22H28N4O4/c1-23-22(28)16-2-3-17-13-24-14-20(19(17)12-16)25-6-4-18(5-7-25)30-15-21(27)26-8-10-29-11-9-26/h2-3,12-14,18H,4-11,15H2,1H3,(H,23,28). The lowest BCUT2D eigenvalue weighted by Gasteiger charge is -2.34. The van der Waals surface area contributed by atoms with E-state index in [2.05, 4.69) is 15.2 Å². The highest BCUT2D eigenvalue weighted by atomic mass is 16.5.